The van der Waals surface area contributed by atoms with Gasteiger partial charge in [0.15, 0.2) is 0 Å². The van der Waals surface area contributed by atoms with Gasteiger partial charge in [-0.3, -0.25) is 4.79 Å². The summed E-state index contributed by atoms with van der Waals surface area (Å²) in [5.74, 6) is -2.17. The minimum atomic E-state index is -0.708. The van der Waals surface area contributed by atoms with Crippen molar-refractivity contribution in [3.05, 3.63) is 112 Å². The first kappa shape index (κ1) is 24.6. The van der Waals surface area contributed by atoms with Gasteiger partial charge in [0.1, 0.15) is 17.5 Å². The third-order valence-electron chi connectivity index (χ3n) is 6.19. The van der Waals surface area contributed by atoms with E-state index in [9.17, 15) is 18.0 Å². The lowest BCUT2D eigenvalue weighted by Gasteiger charge is -2.20. The molecule has 0 aliphatic carbocycles. The van der Waals surface area contributed by atoms with Crippen molar-refractivity contribution >= 4 is 28.4 Å². The van der Waals surface area contributed by atoms with Gasteiger partial charge in [-0.1, -0.05) is 23.7 Å². The van der Waals surface area contributed by atoms with Gasteiger partial charge in [0.05, 0.1) is 30.2 Å². The van der Waals surface area contributed by atoms with Crippen molar-refractivity contribution in [3.63, 3.8) is 0 Å². The predicted molar refractivity (Wildman–Crippen MR) is 137 cm³/mol. The second-order valence-corrected chi connectivity index (χ2v) is 9.32. The SMILES string of the molecule is Cn1cnc(C(Cc2cc(F)cc(F)c2)NC(=O)Cc2c[nH]c3ccc(F)cc23)c1-c1ccc(Cl)cc1. The molecule has 5 aromatic rings. The van der Waals surface area contributed by atoms with E-state index >= 15 is 0 Å². The van der Waals surface area contributed by atoms with E-state index in [0.717, 1.165) is 17.3 Å². The van der Waals surface area contributed by atoms with Gasteiger partial charge in [0, 0.05) is 40.8 Å². The fourth-order valence-corrected chi connectivity index (χ4v) is 4.68. The number of aryl methyl sites for hydroxylation is 1. The molecular weight excluding hydrogens is 501 g/mol. The van der Waals surface area contributed by atoms with Crippen molar-refractivity contribution < 1.29 is 18.0 Å². The van der Waals surface area contributed by atoms with Crippen LogP contribution in [0, 0.1) is 17.5 Å². The number of nitrogens with one attached hydrogen (secondary N) is 2. The van der Waals surface area contributed by atoms with Crippen LogP contribution in [0.1, 0.15) is 22.9 Å². The molecule has 0 bridgehead atoms. The highest BCUT2D eigenvalue weighted by molar-refractivity contribution is 6.30. The molecule has 0 fully saturated rings. The van der Waals surface area contributed by atoms with Crippen molar-refractivity contribution in [1.82, 2.24) is 19.9 Å². The Kier molecular flexibility index (Phi) is 6.76. The van der Waals surface area contributed by atoms with E-state index in [0.29, 0.717) is 32.7 Å². The number of nitrogens with zero attached hydrogens (tertiary/aromatic N) is 2. The van der Waals surface area contributed by atoms with E-state index in [1.54, 1.807) is 30.7 Å². The smallest absolute Gasteiger partial charge is 0.225 e. The zero-order valence-corrected chi connectivity index (χ0v) is 20.5. The van der Waals surface area contributed by atoms with Crippen LogP contribution in [0.3, 0.4) is 0 Å². The molecular formula is C28H22ClF3N4O. The number of H-pyrrole nitrogens is 1. The summed E-state index contributed by atoms with van der Waals surface area (Å²) in [7, 11) is 1.82. The standard InChI is InChI=1S/C28H22ClF3N4O/c1-36-15-34-27(28(36)17-2-4-19(29)5-3-17)25(10-16-8-21(31)12-22(32)9-16)35-26(37)11-18-14-33-24-7-6-20(30)13-23(18)24/h2-9,12-15,25,33H,10-11H2,1H3,(H,35,37). The zero-order chi connectivity index (χ0) is 26.1. The molecule has 0 aliphatic rings. The molecule has 1 atom stereocenters. The topological polar surface area (TPSA) is 62.7 Å². The Hall–Kier alpha value is -4.04. The van der Waals surface area contributed by atoms with Crippen molar-refractivity contribution in [2.75, 3.05) is 0 Å². The van der Waals surface area contributed by atoms with Crippen LogP contribution in [-0.2, 0) is 24.7 Å². The van der Waals surface area contributed by atoms with Gasteiger partial charge in [0.2, 0.25) is 5.91 Å². The molecule has 2 N–H and O–H groups in total. The summed E-state index contributed by atoms with van der Waals surface area (Å²) in [5, 5.41) is 4.16. The number of rotatable bonds is 7. The van der Waals surface area contributed by atoms with Gasteiger partial charge in [-0.15, -0.1) is 0 Å². The highest BCUT2D eigenvalue weighted by Gasteiger charge is 2.24. The van der Waals surface area contributed by atoms with Crippen LogP contribution in [0.5, 0.6) is 0 Å². The largest absolute Gasteiger partial charge is 0.361 e. The predicted octanol–water partition coefficient (Wildman–Crippen LogP) is 6.28. The Labute approximate surface area is 215 Å². The summed E-state index contributed by atoms with van der Waals surface area (Å²) in [4.78, 5) is 20.8. The molecule has 2 heterocycles. The lowest BCUT2D eigenvalue weighted by Crippen LogP contribution is -2.32. The Balaban J connectivity index is 1.49. The van der Waals surface area contributed by atoms with Crippen molar-refractivity contribution in [2.24, 2.45) is 7.05 Å². The summed E-state index contributed by atoms with van der Waals surface area (Å²) in [5.41, 5.74) is 3.79. The molecule has 2 aromatic heterocycles. The highest BCUT2D eigenvalue weighted by Crippen LogP contribution is 2.30. The molecule has 5 rings (SSSR count). The van der Waals surface area contributed by atoms with Crippen LogP contribution >= 0.6 is 11.6 Å². The average Bonchev–Trinajstić information content (AvgIpc) is 3.41. The summed E-state index contributed by atoms with van der Waals surface area (Å²) < 4.78 is 43.6. The van der Waals surface area contributed by atoms with E-state index in [-0.39, 0.29) is 18.7 Å². The third kappa shape index (κ3) is 5.39. The van der Waals surface area contributed by atoms with E-state index < -0.39 is 23.5 Å². The Morgan fingerprint density at radius 3 is 2.49 bits per heavy atom. The quantitative estimate of drug-likeness (QED) is 0.264. The molecule has 0 aliphatic heterocycles. The van der Waals surface area contributed by atoms with Gasteiger partial charge >= 0.3 is 0 Å². The number of benzene rings is 3. The molecule has 0 spiro atoms. The Morgan fingerprint density at radius 1 is 1.03 bits per heavy atom. The summed E-state index contributed by atoms with van der Waals surface area (Å²) in [6, 6.07) is 14.1. The van der Waals surface area contributed by atoms with Gasteiger partial charge < -0.3 is 14.9 Å². The van der Waals surface area contributed by atoms with Gasteiger partial charge in [-0.2, -0.15) is 0 Å². The van der Waals surface area contributed by atoms with Gasteiger partial charge in [-0.25, -0.2) is 18.2 Å². The van der Waals surface area contributed by atoms with E-state index in [4.69, 9.17) is 11.6 Å². The van der Waals surface area contributed by atoms with Crippen molar-refractivity contribution in [3.8, 4) is 11.3 Å². The summed E-state index contributed by atoms with van der Waals surface area (Å²) in [6.07, 6.45) is 3.36. The molecule has 0 saturated heterocycles. The molecule has 3 aromatic carbocycles. The minimum Gasteiger partial charge on any atom is -0.361 e. The lowest BCUT2D eigenvalue weighted by molar-refractivity contribution is -0.121. The normalized spacial score (nSPS) is 12.1. The van der Waals surface area contributed by atoms with Crippen molar-refractivity contribution in [2.45, 2.75) is 18.9 Å². The number of carbonyl (C=O) groups is 1. The fourth-order valence-electron chi connectivity index (χ4n) is 4.56. The number of aromatic amines is 1. The highest BCUT2D eigenvalue weighted by atomic mass is 35.5. The number of amides is 1. The zero-order valence-electron chi connectivity index (χ0n) is 19.7. The molecule has 1 amide bonds. The van der Waals surface area contributed by atoms with Crippen LogP contribution in [0.15, 0.2) is 73.2 Å². The third-order valence-corrected chi connectivity index (χ3v) is 6.44. The fraction of sp³-hybridized carbons (Fsp3) is 0.143. The molecule has 188 valence electrons. The molecule has 5 nitrogen and oxygen atoms in total. The number of fused-ring (bicyclic) bond motifs is 1. The maximum absolute atomic E-state index is 14.0. The monoisotopic (exact) mass is 522 g/mol. The van der Waals surface area contributed by atoms with Crippen molar-refractivity contribution in [1.29, 1.82) is 0 Å². The first-order chi connectivity index (χ1) is 17.8. The number of carbonyl (C=O) groups excluding carboxylic acids is 1. The number of halogens is 4. The molecule has 1 unspecified atom stereocenters. The first-order valence-corrected chi connectivity index (χ1v) is 11.9. The van der Waals surface area contributed by atoms with Crippen LogP contribution < -0.4 is 5.32 Å². The maximum Gasteiger partial charge on any atom is 0.225 e. The maximum atomic E-state index is 14.0. The van der Waals surface area contributed by atoms with Gasteiger partial charge in [-0.05, 0) is 60.0 Å². The van der Waals surface area contributed by atoms with E-state index in [2.05, 4.69) is 15.3 Å². The van der Waals surface area contributed by atoms with Crippen LogP contribution in [0.4, 0.5) is 13.2 Å². The van der Waals surface area contributed by atoms with E-state index in [1.807, 2.05) is 23.7 Å². The second-order valence-electron chi connectivity index (χ2n) is 8.88. The molecule has 37 heavy (non-hydrogen) atoms. The van der Waals surface area contributed by atoms with Crippen LogP contribution in [0.2, 0.25) is 5.02 Å². The second kappa shape index (κ2) is 10.1. The minimum absolute atomic E-state index is 0.0272. The van der Waals surface area contributed by atoms with Gasteiger partial charge in [0.25, 0.3) is 0 Å². The van der Waals surface area contributed by atoms with Crippen LogP contribution in [0.25, 0.3) is 22.2 Å². The molecule has 0 radical (unpaired) electrons. The number of hydrogen-bond donors (Lipinski definition) is 2. The first-order valence-electron chi connectivity index (χ1n) is 11.5. The van der Waals surface area contributed by atoms with Crippen LogP contribution in [-0.4, -0.2) is 20.4 Å². The summed E-state index contributed by atoms with van der Waals surface area (Å²) >= 11 is 6.06. The number of hydrogen-bond acceptors (Lipinski definition) is 2. The number of aromatic nitrogens is 3. The lowest BCUT2D eigenvalue weighted by atomic mass is 9.98. The molecule has 9 heteroatoms. The Morgan fingerprint density at radius 2 is 1.76 bits per heavy atom. The van der Waals surface area contributed by atoms with E-state index in [1.165, 1.54) is 24.3 Å². The average molecular weight is 523 g/mol. The summed E-state index contributed by atoms with van der Waals surface area (Å²) in [6.45, 7) is 0. The molecule has 0 saturated carbocycles. The Bertz CT molecular complexity index is 1570. The number of imidazole rings is 1.